The lowest BCUT2D eigenvalue weighted by Gasteiger charge is -2.41. The van der Waals surface area contributed by atoms with Crippen LogP contribution in [0.3, 0.4) is 0 Å². The number of amides is 1. The molecule has 1 heterocycles. The lowest BCUT2D eigenvalue weighted by Crippen LogP contribution is -2.59. The number of nitrogens with two attached hydrogens (primary N) is 1. The van der Waals surface area contributed by atoms with E-state index in [2.05, 4.69) is 0 Å². The molecule has 1 aliphatic heterocycles. The van der Waals surface area contributed by atoms with Gasteiger partial charge in [-0.05, 0) is 60.5 Å². The molecule has 0 spiro atoms. The van der Waals surface area contributed by atoms with Gasteiger partial charge in [-0.3, -0.25) is 9.69 Å². The summed E-state index contributed by atoms with van der Waals surface area (Å²) in [4.78, 5) is 15.4. The third-order valence-corrected chi connectivity index (χ3v) is 5.57. The molecule has 4 rings (SSSR count). The van der Waals surface area contributed by atoms with Crippen molar-refractivity contribution in [2.24, 2.45) is 5.73 Å². The van der Waals surface area contributed by atoms with E-state index < -0.39 is 5.79 Å². The van der Waals surface area contributed by atoms with Crippen molar-refractivity contribution in [2.75, 3.05) is 11.4 Å². The van der Waals surface area contributed by atoms with Gasteiger partial charge in [0.2, 0.25) is 0 Å². The molecule has 3 aromatic rings. The van der Waals surface area contributed by atoms with Crippen LogP contribution in [0, 0.1) is 0 Å². The molecule has 2 N–H and O–H groups in total. The summed E-state index contributed by atoms with van der Waals surface area (Å²) in [5.41, 5.74) is 8.38. The molecule has 1 unspecified atom stereocenters. The first kappa shape index (κ1) is 21.2. The average Bonchev–Trinajstić information content (AvgIpc) is 2.78. The van der Waals surface area contributed by atoms with Gasteiger partial charge in [-0.1, -0.05) is 54.9 Å². The second-order valence-electron chi connectivity index (χ2n) is 7.48. The van der Waals surface area contributed by atoms with Crippen LogP contribution in [0.25, 0.3) is 0 Å². The van der Waals surface area contributed by atoms with E-state index in [1.165, 1.54) is 0 Å². The molecule has 6 heteroatoms. The Hall–Kier alpha value is -3.02. The lowest BCUT2D eigenvalue weighted by atomic mass is 10.1. The number of ether oxygens (including phenoxy) is 2. The van der Waals surface area contributed by atoms with Crippen LogP contribution in [-0.2, 0) is 17.8 Å². The molecular formula is C25H25ClN2O3. The Morgan fingerprint density at radius 3 is 2.52 bits per heavy atom. The molecule has 0 saturated carbocycles. The van der Waals surface area contributed by atoms with Gasteiger partial charge in [0.15, 0.2) is 0 Å². The second kappa shape index (κ2) is 9.00. The van der Waals surface area contributed by atoms with Crippen molar-refractivity contribution in [3.8, 4) is 11.5 Å². The highest BCUT2D eigenvalue weighted by Crippen LogP contribution is 2.41. The highest BCUT2D eigenvalue weighted by atomic mass is 35.5. The minimum atomic E-state index is -1.46. The van der Waals surface area contributed by atoms with Crippen LogP contribution in [0.15, 0.2) is 72.8 Å². The molecule has 0 saturated heterocycles. The van der Waals surface area contributed by atoms with Crippen molar-refractivity contribution in [1.29, 1.82) is 0 Å². The van der Waals surface area contributed by atoms with Gasteiger partial charge in [0.1, 0.15) is 11.5 Å². The number of rotatable bonds is 7. The number of para-hydroxylation sites is 2. The van der Waals surface area contributed by atoms with Gasteiger partial charge in [0.25, 0.3) is 0 Å². The zero-order valence-corrected chi connectivity index (χ0v) is 18.1. The maximum Gasteiger partial charge on any atom is 0.332 e. The molecule has 31 heavy (non-hydrogen) atoms. The first-order chi connectivity index (χ1) is 15.0. The summed E-state index contributed by atoms with van der Waals surface area (Å²) in [5, 5.41) is 0.627. The molecule has 1 aliphatic rings. The first-order valence-corrected chi connectivity index (χ1v) is 10.7. The Morgan fingerprint density at radius 2 is 1.81 bits per heavy atom. The smallest absolute Gasteiger partial charge is 0.332 e. The molecular weight excluding hydrogens is 412 g/mol. The van der Waals surface area contributed by atoms with Gasteiger partial charge in [0.05, 0.1) is 12.2 Å². The Morgan fingerprint density at radius 1 is 1.03 bits per heavy atom. The summed E-state index contributed by atoms with van der Waals surface area (Å²) in [6.07, 6.45) is 1.13. The zero-order chi connectivity index (χ0) is 21.8. The van der Waals surface area contributed by atoms with Gasteiger partial charge in [-0.15, -0.1) is 0 Å². The quantitative estimate of drug-likeness (QED) is 0.569. The number of anilines is 1. The number of halogens is 1. The molecule has 0 radical (unpaired) electrons. The summed E-state index contributed by atoms with van der Waals surface area (Å²) in [6, 6.07) is 22.6. The average molecular weight is 437 g/mol. The maximum atomic E-state index is 13.7. The highest BCUT2D eigenvalue weighted by molar-refractivity contribution is 6.30. The Kier molecular flexibility index (Phi) is 6.16. The highest BCUT2D eigenvalue weighted by Gasteiger charge is 2.49. The fourth-order valence-electron chi connectivity index (χ4n) is 3.72. The Bertz CT molecular complexity index is 1070. The van der Waals surface area contributed by atoms with Crippen LogP contribution in [-0.4, -0.2) is 18.2 Å². The maximum absolute atomic E-state index is 13.7. The zero-order valence-electron chi connectivity index (χ0n) is 17.4. The number of carbonyl (C=O) groups is 1. The monoisotopic (exact) mass is 436 g/mol. The van der Waals surface area contributed by atoms with Crippen LogP contribution in [0.4, 0.5) is 5.69 Å². The number of fused-ring (bicyclic) bond motifs is 1. The topological polar surface area (TPSA) is 64.8 Å². The summed E-state index contributed by atoms with van der Waals surface area (Å²) < 4.78 is 12.4. The lowest BCUT2D eigenvalue weighted by molar-refractivity contribution is -0.167. The summed E-state index contributed by atoms with van der Waals surface area (Å²) >= 11 is 6.16. The molecule has 3 aromatic carbocycles. The normalized spacial score (nSPS) is 17.8. The number of nitrogens with zero attached hydrogens (tertiary/aromatic N) is 1. The molecule has 5 nitrogen and oxygen atoms in total. The number of benzene rings is 3. The van der Waals surface area contributed by atoms with Crippen molar-refractivity contribution in [2.45, 2.75) is 32.1 Å². The van der Waals surface area contributed by atoms with E-state index in [9.17, 15) is 4.79 Å². The summed E-state index contributed by atoms with van der Waals surface area (Å²) in [6.45, 7) is 2.82. The van der Waals surface area contributed by atoms with Crippen LogP contribution >= 0.6 is 11.6 Å². The van der Waals surface area contributed by atoms with E-state index in [4.69, 9.17) is 26.8 Å². The molecule has 1 amide bonds. The second-order valence-corrected chi connectivity index (χ2v) is 7.92. The Balaban J connectivity index is 1.69. The Labute approximate surface area is 187 Å². The summed E-state index contributed by atoms with van der Waals surface area (Å²) in [5.74, 6) is -0.536. The van der Waals surface area contributed by atoms with Gasteiger partial charge in [-0.25, -0.2) is 0 Å². The minimum Gasteiger partial charge on any atom is -0.444 e. The van der Waals surface area contributed by atoms with Gasteiger partial charge in [0, 0.05) is 11.4 Å². The van der Waals surface area contributed by atoms with E-state index in [0.717, 1.165) is 17.5 Å². The van der Waals surface area contributed by atoms with Crippen molar-refractivity contribution in [1.82, 2.24) is 0 Å². The van der Waals surface area contributed by atoms with E-state index in [-0.39, 0.29) is 5.91 Å². The number of carbonyl (C=O) groups excluding carboxylic acids is 1. The van der Waals surface area contributed by atoms with Gasteiger partial charge < -0.3 is 15.2 Å². The predicted octanol–water partition coefficient (Wildman–Crippen LogP) is 4.95. The van der Waals surface area contributed by atoms with Crippen LogP contribution in [0.1, 0.15) is 24.5 Å². The van der Waals surface area contributed by atoms with Crippen molar-refractivity contribution in [3.63, 3.8) is 0 Å². The van der Waals surface area contributed by atoms with Crippen LogP contribution in [0.5, 0.6) is 11.5 Å². The molecule has 0 bridgehead atoms. The third kappa shape index (κ3) is 4.38. The fraction of sp³-hybridized carbons (Fsp3) is 0.240. The van der Waals surface area contributed by atoms with Gasteiger partial charge >= 0.3 is 11.7 Å². The largest absolute Gasteiger partial charge is 0.444 e. The fourth-order valence-corrected chi connectivity index (χ4v) is 3.93. The SMILES string of the molecule is CCC1(Oc2ccc(CCN)cc2)Oc2ccccc2N(Cc2cccc(Cl)c2)C1=O. The predicted molar refractivity (Wildman–Crippen MR) is 123 cm³/mol. The van der Waals surface area contributed by atoms with E-state index in [1.807, 2.05) is 79.7 Å². The number of hydrogen-bond donors (Lipinski definition) is 1. The minimum absolute atomic E-state index is 0.250. The van der Waals surface area contributed by atoms with Crippen LogP contribution < -0.4 is 20.1 Å². The first-order valence-electron chi connectivity index (χ1n) is 10.4. The van der Waals surface area contributed by atoms with Crippen LogP contribution in [0.2, 0.25) is 5.02 Å². The van der Waals surface area contributed by atoms with E-state index >= 15 is 0 Å². The third-order valence-electron chi connectivity index (χ3n) is 5.34. The van der Waals surface area contributed by atoms with Crippen molar-refractivity contribution < 1.29 is 14.3 Å². The van der Waals surface area contributed by atoms with E-state index in [1.54, 1.807) is 4.90 Å². The number of hydrogen-bond acceptors (Lipinski definition) is 4. The van der Waals surface area contributed by atoms with Gasteiger partial charge in [-0.2, -0.15) is 0 Å². The molecule has 0 fully saturated rings. The van der Waals surface area contributed by atoms with Crippen molar-refractivity contribution >= 4 is 23.2 Å². The van der Waals surface area contributed by atoms with Crippen molar-refractivity contribution in [3.05, 3.63) is 88.9 Å². The molecule has 160 valence electrons. The molecule has 1 atom stereocenters. The van der Waals surface area contributed by atoms with E-state index in [0.29, 0.717) is 41.7 Å². The summed E-state index contributed by atoms with van der Waals surface area (Å²) in [7, 11) is 0. The molecule has 0 aromatic heterocycles. The molecule has 0 aliphatic carbocycles. The standard InChI is InChI=1S/C25H25ClN2O3/c1-2-25(30-21-12-10-18(11-13-21)14-15-27)24(29)28(17-19-6-5-7-20(26)16-19)22-8-3-4-9-23(22)31-25/h3-13,16H,2,14-15,17,27H2,1H3.